The predicted molar refractivity (Wildman–Crippen MR) is 90.9 cm³/mol. The van der Waals surface area contributed by atoms with Crippen LogP contribution in [0.4, 0.5) is 0 Å². The molecule has 5 nitrogen and oxygen atoms in total. The molecule has 5 heteroatoms. The van der Waals surface area contributed by atoms with Crippen molar-refractivity contribution in [2.75, 3.05) is 6.54 Å². The second-order valence-corrected chi connectivity index (χ2v) is 7.51. The molecule has 1 aliphatic heterocycles. The molecule has 0 radical (unpaired) electrons. The van der Waals surface area contributed by atoms with Crippen LogP contribution in [0.25, 0.3) is 5.82 Å². The van der Waals surface area contributed by atoms with Crippen molar-refractivity contribution < 1.29 is 9.90 Å². The number of piperidine rings is 1. The predicted octanol–water partition coefficient (Wildman–Crippen LogP) is 2.49. The summed E-state index contributed by atoms with van der Waals surface area (Å²) in [6, 6.07) is 7.72. The topological polar surface area (TPSA) is 58.4 Å². The summed E-state index contributed by atoms with van der Waals surface area (Å²) in [7, 11) is 0. The molecule has 3 atom stereocenters. The van der Waals surface area contributed by atoms with Gasteiger partial charge in [-0.15, -0.1) is 0 Å². The van der Waals surface area contributed by atoms with Gasteiger partial charge in [-0.1, -0.05) is 13.8 Å². The maximum atomic E-state index is 13.0. The number of fused-ring (bicyclic) bond motifs is 1. The van der Waals surface area contributed by atoms with Crippen molar-refractivity contribution in [2.24, 2.45) is 11.3 Å². The van der Waals surface area contributed by atoms with Gasteiger partial charge in [-0.2, -0.15) is 0 Å². The van der Waals surface area contributed by atoms with Gasteiger partial charge in [0.2, 0.25) is 0 Å². The van der Waals surface area contributed by atoms with Gasteiger partial charge in [-0.25, -0.2) is 4.98 Å². The zero-order valence-corrected chi connectivity index (χ0v) is 14.1. The molecule has 0 unspecified atom stereocenters. The van der Waals surface area contributed by atoms with E-state index in [2.05, 4.69) is 18.8 Å². The Bertz CT molecular complexity index is 736. The van der Waals surface area contributed by atoms with Crippen LogP contribution in [0, 0.1) is 11.3 Å². The van der Waals surface area contributed by atoms with E-state index in [9.17, 15) is 9.90 Å². The molecule has 0 aromatic carbocycles. The summed E-state index contributed by atoms with van der Waals surface area (Å²) in [6.07, 6.45) is 7.16. The second-order valence-electron chi connectivity index (χ2n) is 7.51. The average molecular weight is 325 g/mol. The van der Waals surface area contributed by atoms with Gasteiger partial charge in [-0.3, -0.25) is 4.79 Å². The van der Waals surface area contributed by atoms with Crippen LogP contribution in [-0.4, -0.2) is 44.2 Å². The third-order valence-corrected chi connectivity index (χ3v) is 5.73. The number of pyridine rings is 1. The molecule has 3 heterocycles. The Hall–Kier alpha value is -2.14. The molecule has 2 aromatic rings. The highest BCUT2D eigenvalue weighted by atomic mass is 16.3. The van der Waals surface area contributed by atoms with Crippen molar-refractivity contribution in [1.82, 2.24) is 14.5 Å². The molecular weight excluding hydrogens is 302 g/mol. The molecule has 1 amide bonds. The SMILES string of the molecule is CC1(C)[C@@H](O)[C@H]2CCCN(C(=O)c3ccc(-n4cccc4)nc3)[C@H]21. The lowest BCUT2D eigenvalue weighted by atomic mass is 9.54. The Morgan fingerprint density at radius 3 is 2.71 bits per heavy atom. The Morgan fingerprint density at radius 1 is 1.29 bits per heavy atom. The Labute approximate surface area is 141 Å². The first-order valence-corrected chi connectivity index (χ1v) is 8.58. The summed E-state index contributed by atoms with van der Waals surface area (Å²) in [5.74, 6) is 1.04. The molecule has 1 saturated heterocycles. The zero-order valence-electron chi connectivity index (χ0n) is 14.1. The van der Waals surface area contributed by atoms with Crippen LogP contribution in [0.2, 0.25) is 0 Å². The van der Waals surface area contributed by atoms with Crippen LogP contribution < -0.4 is 0 Å². The molecule has 2 aromatic heterocycles. The normalized spacial score (nSPS) is 28.1. The highest BCUT2D eigenvalue weighted by Gasteiger charge is 2.59. The van der Waals surface area contributed by atoms with E-state index in [4.69, 9.17) is 0 Å². The van der Waals surface area contributed by atoms with Gasteiger partial charge in [-0.05, 0) is 37.1 Å². The highest BCUT2D eigenvalue weighted by Crippen LogP contribution is 2.52. The third kappa shape index (κ3) is 2.18. The number of hydrogen-bond acceptors (Lipinski definition) is 3. The number of amides is 1. The van der Waals surface area contributed by atoms with Crippen molar-refractivity contribution in [1.29, 1.82) is 0 Å². The number of carbonyl (C=O) groups is 1. The summed E-state index contributed by atoms with van der Waals surface area (Å²) >= 11 is 0. The fourth-order valence-electron chi connectivity index (χ4n) is 4.46. The van der Waals surface area contributed by atoms with E-state index in [-0.39, 0.29) is 29.4 Å². The maximum absolute atomic E-state index is 13.0. The van der Waals surface area contributed by atoms with Gasteiger partial charge in [0.25, 0.3) is 5.91 Å². The minimum absolute atomic E-state index is 0.0243. The molecule has 1 saturated carbocycles. The lowest BCUT2D eigenvalue weighted by Crippen LogP contribution is -2.71. The summed E-state index contributed by atoms with van der Waals surface area (Å²) in [4.78, 5) is 19.3. The van der Waals surface area contributed by atoms with Crippen molar-refractivity contribution in [3.05, 3.63) is 48.4 Å². The van der Waals surface area contributed by atoms with Crippen molar-refractivity contribution >= 4 is 5.91 Å². The molecule has 2 fully saturated rings. The van der Waals surface area contributed by atoms with E-state index >= 15 is 0 Å². The standard InChI is InChI=1S/C19H23N3O2/c1-19(2)16-14(17(19)23)6-5-11-22(16)18(24)13-7-8-15(20-12-13)21-9-3-4-10-21/h3-4,7-10,12,14,16-17,23H,5-6,11H2,1-2H3/t14-,16+,17-/m0/s1. The quantitative estimate of drug-likeness (QED) is 0.923. The molecule has 2 aliphatic rings. The Balaban J connectivity index is 1.57. The first-order chi connectivity index (χ1) is 11.5. The molecule has 0 spiro atoms. The number of aliphatic hydroxyl groups excluding tert-OH is 1. The van der Waals surface area contributed by atoms with Gasteiger partial charge in [0, 0.05) is 42.5 Å². The third-order valence-electron chi connectivity index (χ3n) is 5.73. The smallest absolute Gasteiger partial charge is 0.255 e. The van der Waals surface area contributed by atoms with Gasteiger partial charge in [0.15, 0.2) is 0 Å². The minimum atomic E-state index is -0.313. The van der Waals surface area contributed by atoms with E-state index in [1.807, 2.05) is 46.1 Å². The van der Waals surface area contributed by atoms with Gasteiger partial charge < -0.3 is 14.6 Å². The number of aromatic nitrogens is 2. The van der Waals surface area contributed by atoms with Crippen LogP contribution in [0.5, 0.6) is 0 Å². The molecule has 0 bridgehead atoms. The molecule has 1 N–H and O–H groups in total. The first-order valence-electron chi connectivity index (χ1n) is 8.58. The fourth-order valence-corrected chi connectivity index (χ4v) is 4.46. The van der Waals surface area contributed by atoms with E-state index < -0.39 is 0 Å². The minimum Gasteiger partial charge on any atom is -0.392 e. The van der Waals surface area contributed by atoms with E-state index in [1.54, 1.807) is 6.20 Å². The van der Waals surface area contributed by atoms with Gasteiger partial charge in [0.1, 0.15) is 5.82 Å². The summed E-state index contributed by atoms with van der Waals surface area (Å²) in [5.41, 5.74) is 0.378. The largest absolute Gasteiger partial charge is 0.392 e. The van der Waals surface area contributed by atoms with Crippen LogP contribution >= 0.6 is 0 Å². The molecule has 1 aliphatic carbocycles. The number of aliphatic hydroxyl groups is 1. The maximum Gasteiger partial charge on any atom is 0.255 e. The van der Waals surface area contributed by atoms with Crippen LogP contribution in [0.1, 0.15) is 37.0 Å². The highest BCUT2D eigenvalue weighted by molar-refractivity contribution is 5.94. The van der Waals surface area contributed by atoms with Crippen molar-refractivity contribution in [3.8, 4) is 5.82 Å². The van der Waals surface area contributed by atoms with Gasteiger partial charge >= 0.3 is 0 Å². The number of carbonyl (C=O) groups excluding carboxylic acids is 1. The zero-order chi connectivity index (χ0) is 16.9. The lowest BCUT2D eigenvalue weighted by molar-refractivity contribution is -0.180. The second kappa shape index (κ2) is 5.45. The Morgan fingerprint density at radius 2 is 2.04 bits per heavy atom. The van der Waals surface area contributed by atoms with E-state index in [0.717, 1.165) is 25.2 Å². The van der Waals surface area contributed by atoms with Crippen molar-refractivity contribution in [3.63, 3.8) is 0 Å². The summed E-state index contributed by atoms with van der Waals surface area (Å²) < 4.78 is 1.91. The van der Waals surface area contributed by atoms with E-state index in [1.165, 1.54) is 0 Å². The summed E-state index contributed by atoms with van der Waals surface area (Å²) in [5, 5.41) is 10.3. The lowest BCUT2D eigenvalue weighted by Gasteiger charge is -2.62. The van der Waals surface area contributed by atoms with Crippen molar-refractivity contribution in [2.45, 2.75) is 38.8 Å². The van der Waals surface area contributed by atoms with Crippen LogP contribution in [0.15, 0.2) is 42.9 Å². The molecule has 4 rings (SSSR count). The summed E-state index contributed by atoms with van der Waals surface area (Å²) in [6.45, 7) is 4.87. The number of rotatable bonds is 2. The van der Waals surface area contributed by atoms with Crippen LogP contribution in [-0.2, 0) is 0 Å². The molecule has 126 valence electrons. The first kappa shape index (κ1) is 15.4. The number of likely N-dealkylation sites (tertiary alicyclic amines) is 1. The molecular formula is C19H23N3O2. The Kier molecular flexibility index (Phi) is 3.49. The monoisotopic (exact) mass is 325 g/mol. The fraction of sp³-hybridized carbons (Fsp3) is 0.474. The van der Waals surface area contributed by atoms with Crippen LogP contribution in [0.3, 0.4) is 0 Å². The average Bonchev–Trinajstić information content (AvgIpc) is 3.15. The molecule has 24 heavy (non-hydrogen) atoms. The van der Waals surface area contributed by atoms with Gasteiger partial charge in [0.05, 0.1) is 11.7 Å². The number of nitrogens with zero attached hydrogens (tertiary/aromatic N) is 3. The number of hydrogen-bond donors (Lipinski definition) is 1. The van der Waals surface area contributed by atoms with E-state index in [0.29, 0.717) is 5.56 Å².